The fourth-order valence-corrected chi connectivity index (χ4v) is 2.87. The fourth-order valence-electron chi connectivity index (χ4n) is 2.60. The van der Waals surface area contributed by atoms with Gasteiger partial charge in [0.25, 0.3) is 0 Å². The smallest absolute Gasteiger partial charge is 0.243 e. The number of carbonyl (C=O) groups excluding carboxylic acids is 1. The van der Waals surface area contributed by atoms with Crippen molar-refractivity contribution < 1.29 is 4.79 Å². The zero-order chi connectivity index (χ0) is 14.7. The third-order valence-corrected chi connectivity index (χ3v) is 4.21. The summed E-state index contributed by atoms with van der Waals surface area (Å²) in [6, 6.07) is 14.0. The van der Waals surface area contributed by atoms with Gasteiger partial charge in [-0.05, 0) is 66.8 Å². The molecule has 1 aliphatic carbocycles. The van der Waals surface area contributed by atoms with E-state index in [1.54, 1.807) is 0 Å². The average Bonchev–Trinajstić information content (AvgIpc) is 2.94. The molecule has 0 bridgehead atoms. The summed E-state index contributed by atoms with van der Waals surface area (Å²) in [5.74, 6) is -0.0316. The monoisotopic (exact) mass is 344 g/mol. The van der Waals surface area contributed by atoms with Crippen molar-refractivity contribution in [2.75, 3.05) is 17.2 Å². The molecule has 0 unspecified atom stereocenters. The van der Waals surface area contributed by atoms with E-state index in [-0.39, 0.29) is 12.5 Å². The predicted octanol–water partition coefficient (Wildman–Crippen LogP) is 3.99. The molecule has 1 aliphatic rings. The highest BCUT2D eigenvalue weighted by atomic mass is 79.9. The van der Waals surface area contributed by atoms with Gasteiger partial charge in [0.2, 0.25) is 5.91 Å². The number of aryl methyl sites for hydroxylation is 2. The maximum absolute atomic E-state index is 12.0. The Morgan fingerprint density at radius 3 is 2.52 bits per heavy atom. The number of benzene rings is 2. The molecule has 3 nitrogen and oxygen atoms in total. The molecule has 0 fully saturated rings. The van der Waals surface area contributed by atoms with E-state index in [2.05, 4.69) is 38.7 Å². The molecular weight excluding hydrogens is 328 g/mol. The van der Waals surface area contributed by atoms with Crippen LogP contribution in [-0.2, 0) is 17.6 Å². The lowest BCUT2D eigenvalue weighted by Crippen LogP contribution is -2.21. The van der Waals surface area contributed by atoms with Gasteiger partial charge in [-0.3, -0.25) is 4.79 Å². The summed E-state index contributed by atoms with van der Waals surface area (Å²) < 4.78 is 1.02. The van der Waals surface area contributed by atoms with E-state index in [9.17, 15) is 4.79 Å². The molecule has 0 radical (unpaired) electrons. The van der Waals surface area contributed by atoms with Crippen LogP contribution >= 0.6 is 15.9 Å². The Kier molecular flexibility index (Phi) is 4.25. The van der Waals surface area contributed by atoms with Crippen molar-refractivity contribution >= 4 is 33.2 Å². The maximum Gasteiger partial charge on any atom is 0.243 e. The third kappa shape index (κ3) is 3.64. The lowest BCUT2D eigenvalue weighted by atomic mass is 10.1. The second kappa shape index (κ2) is 6.31. The van der Waals surface area contributed by atoms with Gasteiger partial charge < -0.3 is 10.6 Å². The van der Waals surface area contributed by atoms with Crippen molar-refractivity contribution in [2.45, 2.75) is 19.3 Å². The summed E-state index contributed by atoms with van der Waals surface area (Å²) in [6.07, 6.45) is 3.50. The van der Waals surface area contributed by atoms with E-state index in [1.165, 1.54) is 17.5 Å². The van der Waals surface area contributed by atoms with Gasteiger partial charge >= 0.3 is 0 Å². The summed E-state index contributed by atoms with van der Waals surface area (Å²) >= 11 is 3.39. The van der Waals surface area contributed by atoms with Crippen molar-refractivity contribution in [3.63, 3.8) is 0 Å². The van der Waals surface area contributed by atoms with Crippen molar-refractivity contribution in [1.29, 1.82) is 0 Å². The lowest BCUT2D eigenvalue weighted by Gasteiger charge is -2.09. The molecule has 2 aromatic carbocycles. The molecule has 0 saturated carbocycles. The molecule has 0 aromatic heterocycles. The van der Waals surface area contributed by atoms with Crippen LogP contribution in [0, 0.1) is 0 Å². The highest BCUT2D eigenvalue weighted by Crippen LogP contribution is 2.24. The number of hydrogen-bond donors (Lipinski definition) is 2. The Morgan fingerprint density at radius 1 is 1.00 bits per heavy atom. The third-order valence-electron chi connectivity index (χ3n) is 3.68. The van der Waals surface area contributed by atoms with E-state index in [0.29, 0.717) is 0 Å². The number of carbonyl (C=O) groups is 1. The van der Waals surface area contributed by atoms with E-state index in [4.69, 9.17) is 0 Å². The Balaban J connectivity index is 1.55. The van der Waals surface area contributed by atoms with Crippen molar-refractivity contribution in [3.8, 4) is 0 Å². The molecule has 108 valence electrons. The van der Waals surface area contributed by atoms with Crippen molar-refractivity contribution in [2.24, 2.45) is 0 Å². The van der Waals surface area contributed by atoms with Gasteiger partial charge in [0.15, 0.2) is 0 Å². The van der Waals surface area contributed by atoms with E-state index < -0.39 is 0 Å². The number of rotatable bonds is 4. The summed E-state index contributed by atoms with van der Waals surface area (Å²) in [4.78, 5) is 12.0. The molecule has 4 heteroatoms. The molecule has 21 heavy (non-hydrogen) atoms. The quantitative estimate of drug-likeness (QED) is 0.880. The van der Waals surface area contributed by atoms with E-state index >= 15 is 0 Å². The normalized spacial score (nSPS) is 12.8. The van der Waals surface area contributed by atoms with Gasteiger partial charge in [0, 0.05) is 15.8 Å². The van der Waals surface area contributed by atoms with Crippen molar-refractivity contribution in [1.82, 2.24) is 0 Å². The van der Waals surface area contributed by atoms with Gasteiger partial charge in [-0.1, -0.05) is 22.0 Å². The minimum absolute atomic E-state index is 0.0316. The van der Waals surface area contributed by atoms with Crippen LogP contribution in [0.5, 0.6) is 0 Å². The van der Waals surface area contributed by atoms with Crippen LogP contribution in [0.15, 0.2) is 46.9 Å². The largest absolute Gasteiger partial charge is 0.376 e. The van der Waals surface area contributed by atoms with Crippen LogP contribution in [0.3, 0.4) is 0 Å². The average molecular weight is 345 g/mol. The van der Waals surface area contributed by atoms with E-state index in [0.717, 1.165) is 28.7 Å². The zero-order valence-corrected chi connectivity index (χ0v) is 13.2. The molecule has 3 rings (SSSR count). The summed E-state index contributed by atoms with van der Waals surface area (Å²) in [5.41, 5.74) is 4.61. The Hall–Kier alpha value is -1.81. The molecule has 2 N–H and O–H groups in total. The lowest BCUT2D eigenvalue weighted by molar-refractivity contribution is -0.114. The Bertz CT molecular complexity index is 652. The highest BCUT2D eigenvalue weighted by molar-refractivity contribution is 9.10. The minimum Gasteiger partial charge on any atom is -0.376 e. The second-order valence-electron chi connectivity index (χ2n) is 5.25. The molecule has 0 heterocycles. The van der Waals surface area contributed by atoms with Crippen LogP contribution in [0.2, 0.25) is 0 Å². The Labute approximate surface area is 132 Å². The first-order valence-corrected chi connectivity index (χ1v) is 7.91. The van der Waals surface area contributed by atoms with Crippen LogP contribution < -0.4 is 10.6 Å². The predicted molar refractivity (Wildman–Crippen MR) is 89.7 cm³/mol. The standard InChI is InChI=1S/C17H17BrN2O/c18-14-5-8-15(9-6-14)19-11-17(21)20-16-7-4-12-2-1-3-13(12)10-16/h4-10,19H,1-3,11H2,(H,20,21). The number of halogens is 1. The Morgan fingerprint density at radius 2 is 1.71 bits per heavy atom. The molecular formula is C17H17BrN2O. The van der Waals surface area contributed by atoms with Gasteiger partial charge in [-0.2, -0.15) is 0 Å². The van der Waals surface area contributed by atoms with Crippen molar-refractivity contribution in [3.05, 3.63) is 58.1 Å². The highest BCUT2D eigenvalue weighted by Gasteiger charge is 2.11. The van der Waals surface area contributed by atoms with Crippen LogP contribution in [0.4, 0.5) is 11.4 Å². The number of amides is 1. The number of hydrogen-bond acceptors (Lipinski definition) is 2. The fraction of sp³-hybridized carbons (Fsp3) is 0.235. The number of nitrogens with one attached hydrogen (secondary N) is 2. The number of anilines is 2. The molecule has 2 aromatic rings. The van der Waals surface area contributed by atoms with Gasteiger partial charge in [-0.25, -0.2) is 0 Å². The van der Waals surface area contributed by atoms with Gasteiger partial charge in [0.1, 0.15) is 0 Å². The SMILES string of the molecule is O=C(CNc1ccc(Br)cc1)Nc1ccc2c(c1)CCC2. The van der Waals surface area contributed by atoms with Crippen LogP contribution in [-0.4, -0.2) is 12.5 Å². The number of fused-ring (bicyclic) bond motifs is 1. The summed E-state index contributed by atoms with van der Waals surface area (Å²) in [6.45, 7) is 0.263. The topological polar surface area (TPSA) is 41.1 Å². The second-order valence-corrected chi connectivity index (χ2v) is 6.16. The molecule has 0 spiro atoms. The zero-order valence-electron chi connectivity index (χ0n) is 11.7. The first-order valence-electron chi connectivity index (χ1n) is 7.12. The van der Waals surface area contributed by atoms with Crippen LogP contribution in [0.1, 0.15) is 17.5 Å². The maximum atomic E-state index is 12.0. The molecule has 0 saturated heterocycles. The summed E-state index contributed by atoms with van der Waals surface area (Å²) in [7, 11) is 0. The van der Waals surface area contributed by atoms with Gasteiger partial charge in [-0.15, -0.1) is 0 Å². The molecule has 0 atom stereocenters. The van der Waals surface area contributed by atoms with Crippen LogP contribution in [0.25, 0.3) is 0 Å². The molecule has 1 amide bonds. The minimum atomic E-state index is -0.0316. The van der Waals surface area contributed by atoms with E-state index in [1.807, 2.05) is 30.3 Å². The summed E-state index contributed by atoms with van der Waals surface area (Å²) in [5, 5.41) is 6.05. The molecule has 0 aliphatic heterocycles. The van der Waals surface area contributed by atoms with Gasteiger partial charge in [0.05, 0.1) is 6.54 Å². The first-order chi connectivity index (χ1) is 10.2. The first kappa shape index (κ1) is 14.1.